The van der Waals surface area contributed by atoms with Gasteiger partial charge in [0.1, 0.15) is 10.8 Å². The molecule has 170 valence electrons. The van der Waals surface area contributed by atoms with Crippen LogP contribution in [0.3, 0.4) is 0 Å². The largest absolute Gasteiger partial charge is 0.454 e. The Morgan fingerprint density at radius 2 is 1.89 bits per heavy atom. The number of para-hydroxylation sites is 1. The molecule has 3 heterocycles. The molecule has 0 unspecified atom stereocenters. The monoisotopic (exact) mass is 478 g/mol. The summed E-state index contributed by atoms with van der Waals surface area (Å²) in [7, 11) is 0. The summed E-state index contributed by atoms with van der Waals surface area (Å²) in [6.07, 6.45) is 3.55. The molecule has 0 radical (unpaired) electrons. The molecule has 0 saturated carbocycles. The summed E-state index contributed by atoms with van der Waals surface area (Å²) in [5.74, 6) is 0.427. The van der Waals surface area contributed by atoms with Crippen molar-refractivity contribution in [3.05, 3.63) is 101 Å². The fraction of sp³-hybridized carbons (Fsp3) is 0.0370. The molecule has 3 aromatic carbocycles. The lowest BCUT2D eigenvalue weighted by Crippen LogP contribution is -2.22. The Balaban J connectivity index is 1.16. The van der Waals surface area contributed by atoms with Crippen molar-refractivity contribution >= 4 is 39.7 Å². The van der Waals surface area contributed by atoms with Crippen molar-refractivity contribution in [3.63, 3.8) is 0 Å². The molecule has 0 atom stereocenters. The van der Waals surface area contributed by atoms with E-state index in [0.29, 0.717) is 34.9 Å². The van der Waals surface area contributed by atoms with Crippen LogP contribution in [0, 0.1) is 0 Å². The molecule has 2 N–H and O–H groups in total. The van der Waals surface area contributed by atoms with Crippen LogP contribution in [-0.2, 0) is 6.54 Å². The van der Waals surface area contributed by atoms with Crippen LogP contribution in [0.5, 0.6) is 11.5 Å². The Morgan fingerprint density at radius 3 is 2.83 bits per heavy atom. The molecule has 0 fully saturated rings. The second-order valence-corrected chi connectivity index (χ2v) is 9.10. The lowest BCUT2D eigenvalue weighted by Gasteiger charge is -2.10. The van der Waals surface area contributed by atoms with Gasteiger partial charge in [-0.2, -0.15) is 0 Å². The third kappa shape index (κ3) is 4.11. The number of hydrogen-bond acceptors (Lipinski definition) is 6. The smallest absolute Gasteiger partial charge is 0.259 e. The summed E-state index contributed by atoms with van der Waals surface area (Å²) in [6.45, 7) is 0.344. The Kier molecular flexibility index (Phi) is 5.20. The maximum Gasteiger partial charge on any atom is 0.259 e. The number of fused-ring (bicyclic) bond motifs is 3. The predicted molar refractivity (Wildman–Crippen MR) is 135 cm³/mol. The number of aromatic nitrogens is 2. The number of carbonyl (C=O) groups excluding carboxylic acids is 2. The van der Waals surface area contributed by atoms with E-state index in [-0.39, 0.29) is 11.8 Å². The maximum absolute atomic E-state index is 12.8. The van der Waals surface area contributed by atoms with Crippen LogP contribution >= 0.6 is 11.3 Å². The lowest BCUT2D eigenvalue weighted by atomic mass is 10.1. The lowest BCUT2D eigenvalue weighted by molar-refractivity contribution is 0.0950. The van der Waals surface area contributed by atoms with Crippen LogP contribution in [0.1, 0.15) is 25.6 Å². The van der Waals surface area contributed by atoms with Crippen molar-refractivity contribution in [1.29, 1.82) is 0 Å². The van der Waals surface area contributed by atoms with Crippen molar-refractivity contribution in [2.24, 2.45) is 0 Å². The molecule has 5 aromatic rings. The van der Waals surface area contributed by atoms with Gasteiger partial charge in [0.2, 0.25) is 0 Å². The number of nitrogens with one attached hydrogen (secondary N) is 2. The Morgan fingerprint density at radius 1 is 0.971 bits per heavy atom. The zero-order chi connectivity index (χ0) is 23.8. The van der Waals surface area contributed by atoms with E-state index in [1.807, 2.05) is 24.3 Å². The minimum atomic E-state index is -0.279. The van der Waals surface area contributed by atoms with Crippen LogP contribution in [0.25, 0.3) is 21.5 Å². The number of nitrogens with zero attached hydrogens (tertiary/aromatic N) is 2. The highest BCUT2D eigenvalue weighted by atomic mass is 32.1. The molecule has 0 aliphatic carbocycles. The minimum Gasteiger partial charge on any atom is -0.454 e. The van der Waals surface area contributed by atoms with Crippen molar-refractivity contribution < 1.29 is 14.3 Å². The third-order valence-electron chi connectivity index (χ3n) is 5.67. The molecule has 1 aliphatic rings. The van der Waals surface area contributed by atoms with E-state index in [1.165, 1.54) is 11.3 Å². The third-order valence-corrected chi connectivity index (χ3v) is 6.71. The number of pyridine rings is 1. The van der Waals surface area contributed by atoms with E-state index in [4.69, 9.17) is 4.74 Å². The SMILES string of the molecule is O=C(NCc1cnc(-c2ccc3ncccc3c2)s1)c1ccc2c(c1)NC(=O)c1ccccc1O2. The van der Waals surface area contributed by atoms with E-state index < -0.39 is 0 Å². The van der Waals surface area contributed by atoms with E-state index in [9.17, 15) is 9.59 Å². The molecule has 8 heteroatoms. The Hall–Kier alpha value is -4.56. The van der Waals surface area contributed by atoms with Crippen LogP contribution < -0.4 is 15.4 Å². The van der Waals surface area contributed by atoms with Crippen molar-refractivity contribution in [2.45, 2.75) is 6.54 Å². The number of rotatable bonds is 4. The van der Waals surface area contributed by atoms with Gasteiger partial charge in [-0.25, -0.2) is 4.98 Å². The zero-order valence-electron chi connectivity index (χ0n) is 18.3. The molecule has 0 saturated heterocycles. The molecule has 6 rings (SSSR count). The number of thiazole rings is 1. The summed E-state index contributed by atoms with van der Waals surface area (Å²) < 4.78 is 5.88. The molecule has 2 amide bonds. The number of anilines is 1. The molecular formula is C27H18N4O3S. The van der Waals surface area contributed by atoms with Gasteiger partial charge < -0.3 is 15.4 Å². The van der Waals surface area contributed by atoms with Gasteiger partial charge in [0, 0.05) is 33.8 Å². The van der Waals surface area contributed by atoms with Gasteiger partial charge in [0.05, 0.1) is 23.3 Å². The fourth-order valence-electron chi connectivity index (χ4n) is 3.91. The fourth-order valence-corrected chi connectivity index (χ4v) is 4.76. The van der Waals surface area contributed by atoms with Gasteiger partial charge in [0.25, 0.3) is 11.8 Å². The summed E-state index contributed by atoms with van der Waals surface area (Å²) in [4.78, 5) is 35.2. The highest BCUT2D eigenvalue weighted by Crippen LogP contribution is 2.36. The molecule has 2 aromatic heterocycles. The van der Waals surface area contributed by atoms with Crippen molar-refractivity contribution in [2.75, 3.05) is 5.32 Å². The first-order valence-corrected chi connectivity index (χ1v) is 11.8. The minimum absolute atomic E-state index is 0.254. The van der Waals surface area contributed by atoms with Gasteiger partial charge in [-0.15, -0.1) is 11.3 Å². The summed E-state index contributed by atoms with van der Waals surface area (Å²) in [5, 5.41) is 7.69. The molecule has 35 heavy (non-hydrogen) atoms. The quantitative estimate of drug-likeness (QED) is 0.348. The molecule has 1 aliphatic heterocycles. The number of carbonyl (C=O) groups is 2. The first-order chi connectivity index (χ1) is 17.1. The van der Waals surface area contributed by atoms with Gasteiger partial charge in [0.15, 0.2) is 5.75 Å². The van der Waals surface area contributed by atoms with E-state index in [1.54, 1.807) is 54.9 Å². The van der Waals surface area contributed by atoms with Crippen LogP contribution in [0.15, 0.2) is 85.2 Å². The predicted octanol–water partition coefficient (Wildman–Crippen LogP) is 5.65. The molecular weight excluding hydrogens is 460 g/mol. The number of ether oxygens (including phenoxy) is 1. The van der Waals surface area contributed by atoms with Gasteiger partial charge in [-0.1, -0.05) is 18.2 Å². The maximum atomic E-state index is 12.8. The van der Waals surface area contributed by atoms with Gasteiger partial charge >= 0.3 is 0 Å². The Bertz CT molecular complexity index is 1610. The Labute approximate surface area is 204 Å². The molecule has 0 spiro atoms. The first-order valence-electron chi connectivity index (χ1n) is 10.9. The normalized spacial score (nSPS) is 12.2. The number of benzene rings is 3. The molecule has 7 nitrogen and oxygen atoms in total. The summed E-state index contributed by atoms with van der Waals surface area (Å²) >= 11 is 1.53. The second-order valence-electron chi connectivity index (χ2n) is 7.99. The van der Waals surface area contributed by atoms with Gasteiger partial charge in [-0.05, 0) is 54.6 Å². The van der Waals surface area contributed by atoms with Crippen LogP contribution in [0.2, 0.25) is 0 Å². The van der Waals surface area contributed by atoms with Crippen LogP contribution in [-0.4, -0.2) is 21.8 Å². The second kappa shape index (κ2) is 8.66. The first kappa shape index (κ1) is 21.0. The average molecular weight is 479 g/mol. The van der Waals surface area contributed by atoms with E-state index in [0.717, 1.165) is 26.4 Å². The number of hydrogen-bond donors (Lipinski definition) is 2. The summed E-state index contributed by atoms with van der Waals surface area (Å²) in [5.41, 5.74) is 3.26. The highest BCUT2D eigenvalue weighted by molar-refractivity contribution is 7.15. The molecule has 0 bridgehead atoms. The van der Waals surface area contributed by atoms with Crippen LogP contribution in [0.4, 0.5) is 5.69 Å². The van der Waals surface area contributed by atoms with Crippen molar-refractivity contribution in [3.8, 4) is 22.1 Å². The van der Waals surface area contributed by atoms with Crippen molar-refractivity contribution in [1.82, 2.24) is 15.3 Å². The van der Waals surface area contributed by atoms with Gasteiger partial charge in [-0.3, -0.25) is 14.6 Å². The zero-order valence-corrected chi connectivity index (χ0v) is 19.1. The van der Waals surface area contributed by atoms with E-state index >= 15 is 0 Å². The topological polar surface area (TPSA) is 93.2 Å². The van der Waals surface area contributed by atoms with E-state index in [2.05, 4.69) is 26.7 Å². The standard InChI is InChI=1S/C27H18N4O3S/c32-25(17-8-10-24-22(13-17)31-26(33)20-5-1-2-6-23(20)34-24)29-14-19-15-30-27(35-19)18-7-9-21-16(12-18)4-3-11-28-21/h1-13,15H,14H2,(H,29,32)(H,31,33). The highest BCUT2D eigenvalue weighted by Gasteiger charge is 2.21. The summed E-state index contributed by atoms with van der Waals surface area (Å²) in [6, 6.07) is 22.0. The number of amides is 2. The average Bonchev–Trinajstić information content (AvgIpc) is 3.32.